The SMILES string of the molecule is Cc1cc(SCC(NC2CC2)(C(N)=O)C2CC2)n(C)n1. The average Bonchev–Trinajstić information content (AvgIpc) is 3.24. The maximum Gasteiger partial charge on any atom is 0.238 e. The fourth-order valence-electron chi connectivity index (χ4n) is 2.70. The number of hydrogen-bond donors (Lipinski definition) is 2. The van der Waals surface area contributed by atoms with Gasteiger partial charge in [-0.3, -0.25) is 14.8 Å². The second kappa shape index (κ2) is 5.07. The zero-order chi connectivity index (χ0) is 14.3. The van der Waals surface area contributed by atoms with Crippen molar-refractivity contribution >= 4 is 17.7 Å². The Labute approximate surface area is 123 Å². The second-order valence-corrected chi connectivity index (χ2v) is 7.06. The van der Waals surface area contributed by atoms with E-state index in [1.165, 1.54) is 0 Å². The molecule has 1 aromatic rings. The van der Waals surface area contributed by atoms with Gasteiger partial charge in [0.25, 0.3) is 0 Å². The van der Waals surface area contributed by atoms with Crippen molar-refractivity contribution in [2.24, 2.45) is 18.7 Å². The molecule has 3 N–H and O–H groups in total. The largest absolute Gasteiger partial charge is 0.368 e. The third-order valence-corrected chi connectivity index (χ3v) is 5.44. The van der Waals surface area contributed by atoms with Crippen LogP contribution in [0.15, 0.2) is 11.1 Å². The van der Waals surface area contributed by atoms with E-state index in [9.17, 15) is 4.79 Å². The summed E-state index contributed by atoms with van der Waals surface area (Å²) < 4.78 is 1.87. The Hall–Kier alpha value is -1.01. The monoisotopic (exact) mass is 294 g/mol. The molecule has 6 heteroatoms. The zero-order valence-electron chi connectivity index (χ0n) is 12.1. The lowest BCUT2D eigenvalue weighted by atomic mass is 9.94. The minimum Gasteiger partial charge on any atom is -0.368 e. The van der Waals surface area contributed by atoms with E-state index in [0.717, 1.165) is 36.4 Å². The van der Waals surface area contributed by atoms with Crippen LogP contribution in [0.4, 0.5) is 0 Å². The Bertz CT molecular complexity index is 521. The first-order chi connectivity index (χ1) is 9.51. The van der Waals surface area contributed by atoms with E-state index in [2.05, 4.69) is 16.5 Å². The van der Waals surface area contributed by atoms with Crippen molar-refractivity contribution in [3.8, 4) is 0 Å². The van der Waals surface area contributed by atoms with Crippen molar-refractivity contribution in [1.29, 1.82) is 0 Å². The Balaban J connectivity index is 1.75. The molecule has 0 aliphatic heterocycles. The fourth-order valence-corrected chi connectivity index (χ4v) is 4.02. The van der Waals surface area contributed by atoms with Crippen LogP contribution in [0.1, 0.15) is 31.4 Å². The summed E-state index contributed by atoms with van der Waals surface area (Å²) in [6.45, 7) is 1.98. The van der Waals surface area contributed by atoms with Gasteiger partial charge in [-0.1, -0.05) is 0 Å². The molecule has 20 heavy (non-hydrogen) atoms. The molecule has 2 aliphatic carbocycles. The number of nitrogens with zero attached hydrogens (tertiary/aromatic N) is 2. The number of thioether (sulfide) groups is 1. The number of nitrogens with one attached hydrogen (secondary N) is 1. The van der Waals surface area contributed by atoms with Gasteiger partial charge in [-0.2, -0.15) is 5.10 Å². The number of carbonyl (C=O) groups excluding carboxylic acids is 1. The standard InChI is InChI=1S/C14H22N4OS/c1-9-7-12(18(2)17-9)20-8-14(13(15)19,10-3-4-10)16-11-5-6-11/h7,10-11,16H,3-6,8H2,1-2H3,(H2,15,19). The highest BCUT2D eigenvalue weighted by Gasteiger charge is 2.51. The highest BCUT2D eigenvalue weighted by Crippen LogP contribution is 2.44. The normalized spacial score (nSPS) is 21.7. The highest BCUT2D eigenvalue weighted by molar-refractivity contribution is 7.99. The van der Waals surface area contributed by atoms with Gasteiger partial charge in [0.1, 0.15) is 5.54 Å². The summed E-state index contributed by atoms with van der Waals surface area (Å²) in [5.74, 6) is 0.906. The molecule has 0 radical (unpaired) electrons. The molecule has 110 valence electrons. The second-order valence-electron chi connectivity index (χ2n) is 6.06. The molecule has 1 unspecified atom stereocenters. The van der Waals surface area contributed by atoms with Crippen molar-refractivity contribution in [3.05, 3.63) is 11.8 Å². The first-order valence-corrected chi connectivity index (χ1v) is 8.21. The summed E-state index contributed by atoms with van der Waals surface area (Å²) in [4.78, 5) is 12.1. The van der Waals surface area contributed by atoms with Gasteiger partial charge < -0.3 is 5.73 Å². The number of primary amides is 1. The molecular weight excluding hydrogens is 272 g/mol. The van der Waals surface area contributed by atoms with Gasteiger partial charge in [0.05, 0.1) is 10.7 Å². The number of aromatic nitrogens is 2. The maximum absolute atomic E-state index is 12.1. The van der Waals surface area contributed by atoms with Crippen molar-refractivity contribution < 1.29 is 4.79 Å². The summed E-state index contributed by atoms with van der Waals surface area (Å²) in [7, 11) is 1.94. The predicted octanol–water partition coefficient (Wildman–Crippen LogP) is 1.21. The van der Waals surface area contributed by atoms with E-state index in [4.69, 9.17) is 5.73 Å². The summed E-state index contributed by atoms with van der Waals surface area (Å²) in [6.07, 6.45) is 4.54. The molecule has 2 aliphatic rings. The zero-order valence-corrected chi connectivity index (χ0v) is 12.9. The Morgan fingerprint density at radius 1 is 1.55 bits per heavy atom. The van der Waals surface area contributed by atoms with Gasteiger partial charge in [-0.15, -0.1) is 11.8 Å². The molecule has 0 aromatic carbocycles. The third-order valence-electron chi connectivity index (χ3n) is 4.16. The first-order valence-electron chi connectivity index (χ1n) is 7.22. The molecule has 1 heterocycles. The Morgan fingerprint density at radius 3 is 2.70 bits per heavy atom. The smallest absolute Gasteiger partial charge is 0.238 e. The van der Waals surface area contributed by atoms with Crippen LogP contribution < -0.4 is 11.1 Å². The predicted molar refractivity (Wildman–Crippen MR) is 79.5 cm³/mol. The van der Waals surface area contributed by atoms with E-state index >= 15 is 0 Å². The maximum atomic E-state index is 12.1. The minimum absolute atomic E-state index is 0.196. The van der Waals surface area contributed by atoms with E-state index in [1.54, 1.807) is 11.8 Å². The fraction of sp³-hybridized carbons (Fsp3) is 0.714. The van der Waals surface area contributed by atoms with Crippen LogP contribution >= 0.6 is 11.8 Å². The van der Waals surface area contributed by atoms with Gasteiger partial charge in [0, 0.05) is 18.8 Å². The van der Waals surface area contributed by atoms with E-state index in [0.29, 0.717) is 17.7 Å². The number of carbonyl (C=O) groups is 1. The van der Waals surface area contributed by atoms with Crippen molar-refractivity contribution in [2.45, 2.75) is 49.2 Å². The lowest BCUT2D eigenvalue weighted by molar-refractivity contribution is -0.124. The number of aryl methyl sites for hydroxylation is 2. The van der Waals surface area contributed by atoms with Gasteiger partial charge in [-0.05, 0) is 44.6 Å². The molecule has 3 rings (SSSR count). The molecule has 2 fully saturated rings. The van der Waals surface area contributed by atoms with Crippen LogP contribution in [-0.4, -0.2) is 33.0 Å². The molecule has 2 saturated carbocycles. The van der Waals surface area contributed by atoms with E-state index < -0.39 is 5.54 Å². The van der Waals surface area contributed by atoms with Crippen molar-refractivity contribution in [3.63, 3.8) is 0 Å². The summed E-state index contributed by atoms with van der Waals surface area (Å²) in [6, 6.07) is 2.54. The van der Waals surface area contributed by atoms with Gasteiger partial charge >= 0.3 is 0 Å². The molecule has 0 saturated heterocycles. The molecule has 0 bridgehead atoms. The number of rotatable bonds is 7. The van der Waals surface area contributed by atoms with Crippen molar-refractivity contribution in [2.75, 3.05) is 5.75 Å². The van der Waals surface area contributed by atoms with Gasteiger partial charge in [0.2, 0.25) is 5.91 Å². The Morgan fingerprint density at radius 2 is 2.25 bits per heavy atom. The number of amides is 1. The lowest BCUT2D eigenvalue weighted by Crippen LogP contribution is -2.60. The molecule has 5 nitrogen and oxygen atoms in total. The summed E-state index contributed by atoms with van der Waals surface area (Å²) >= 11 is 1.68. The molecule has 1 aromatic heterocycles. The van der Waals surface area contributed by atoms with Crippen LogP contribution in [0.3, 0.4) is 0 Å². The lowest BCUT2D eigenvalue weighted by Gasteiger charge is -2.32. The highest BCUT2D eigenvalue weighted by atomic mass is 32.2. The average molecular weight is 294 g/mol. The van der Waals surface area contributed by atoms with Crippen LogP contribution in [0.5, 0.6) is 0 Å². The molecule has 0 spiro atoms. The topological polar surface area (TPSA) is 72.9 Å². The quantitative estimate of drug-likeness (QED) is 0.741. The Kier molecular flexibility index (Phi) is 3.54. The van der Waals surface area contributed by atoms with Gasteiger partial charge in [-0.25, -0.2) is 0 Å². The van der Waals surface area contributed by atoms with E-state index in [-0.39, 0.29) is 5.91 Å². The molecule has 1 amide bonds. The number of hydrogen-bond acceptors (Lipinski definition) is 4. The summed E-state index contributed by atoms with van der Waals surface area (Å²) in [5, 5.41) is 8.98. The number of nitrogens with two attached hydrogens (primary N) is 1. The van der Waals surface area contributed by atoms with Crippen LogP contribution in [0.2, 0.25) is 0 Å². The van der Waals surface area contributed by atoms with Crippen LogP contribution in [-0.2, 0) is 11.8 Å². The van der Waals surface area contributed by atoms with Crippen molar-refractivity contribution in [1.82, 2.24) is 15.1 Å². The molecule has 1 atom stereocenters. The third kappa shape index (κ3) is 2.72. The van der Waals surface area contributed by atoms with Crippen LogP contribution in [0, 0.1) is 12.8 Å². The minimum atomic E-state index is -0.538. The van der Waals surface area contributed by atoms with E-state index in [1.807, 2.05) is 18.7 Å². The molecular formula is C14H22N4OS. The van der Waals surface area contributed by atoms with Crippen LogP contribution in [0.25, 0.3) is 0 Å². The van der Waals surface area contributed by atoms with Gasteiger partial charge in [0.15, 0.2) is 0 Å². The summed E-state index contributed by atoms with van der Waals surface area (Å²) in [5.41, 5.74) is 6.22. The first kappa shape index (κ1) is 13.9.